The standard InChI is InChI=1S/C31H42O10/c1-14-9-18(38-26(14)35)24-15(2)17-10-21(33)28(6)25-19(37-16(3)32)11-20-27(4,5)39-22-12-23(34)40-30(20,22)13-29(25,36)7-8-31(17,28)41-24/h9,15,17-22,24-25,33,36H,7-8,10-13H2,1-6H3/t15-,17-,18+,19-,20+,21+,22-,24-,25+,28-,29+,30-,31+/m1/s1. The number of cyclic esters (lactones) is 1. The Hall–Kier alpha value is -2.01. The summed E-state index contributed by atoms with van der Waals surface area (Å²) in [6.45, 7) is 11.1. The first-order valence-corrected chi connectivity index (χ1v) is 15.1. The molecule has 0 bridgehead atoms. The first kappa shape index (κ1) is 27.8. The van der Waals surface area contributed by atoms with Crippen molar-refractivity contribution in [1.82, 2.24) is 0 Å². The first-order chi connectivity index (χ1) is 19.1. The Morgan fingerprint density at radius 2 is 1.85 bits per heavy atom. The number of ether oxygens (including phenoxy) is 5. The van der Waals surface area contributed by atoms with Crippen LogP contribution in [-0.4, -0.2) is 81.0 Å². The molecule has 41 heavy (non-hydrogen) atoms. The largest absolute Gasteiger partial charge is 0.462 e. The van der Waals surface area contributed by atoms with Crippen LogP contribution in [0, 0.1) is 29.1 Å². The lowest BCUT2D eigenvalue weighted by molar-refractivity contribution is -0.269. The SMILES string of the molecule is CC(=O)O[C@@H]1C[C@H]2C(C)(C)O[C@@H]3CC(=O)O[C@@]32C[C@@]2(O)CC[C@]34O[C@@H]([C@@H]5C=C(C)C(=O)O5)[C@H](C)[C@H]3C[C@H](O)[C@]4(C)[C@H]12. The van der Waals surface area contributed by atoms with Crippen LogP contribution in [-0.2, 0) is 38.1 Å². The quantitative estimate of drug-likeness (QED) is 0.373. The number of hydrogen-bond donors (Lipinski definition) is 2. The lowest BCUT2D eigenvalue weighted by Gasteiger charge is -2.60. The number of carbonyl (C=O) groups excluding carboxylic acids is 3. The fourth-order valence-electron chi connectivity index (χ4n) is 11.0. The molecule has 4 heterocycles. The van der Waals surface area contributed by atoms with E-state index in [0.29, 0.717) is 31.3 Å². The van der Waals surface area contributed by atoms with Crippen molar-refractivity contribution in [1.29, 1.82) is 0 Å². The number of carbonyl (C=O) groups is 3. The van der Waals surface area contributed by atoms with Crippen molar-refractivity contribution >= 4 is 17.9 Å². The molecule has 0 amide bonds. The molecule has 4 aliphatic heterocycles. The molecule has 2 N–H and O–H groups in total. The van der Waals surface area contributed by atoms with Crippen molar-refractivity contribution in [3.05, 3.63) is 11.6 Å². The van der Waals surface area contributed by atoms with Crippen molar-refractivity contribution in [2.45, 2.75) is 133 Å². The fraction of sp³-hybridized carbons (Fsp3) is 0.839. The van der Waals surface area contributed by atoms with Gasteiger partial charge in [0.25, 0.3) is 0 Å². The van der Waals surface area contributed by atoms with E-state index in [4.69, 9.17) is 23.7 Å². The molecule has 226 valence electrons. The molecule has 0 radical (unpaired) electrons. The second-order valence-corrected chi connectivity index (χ2v) is 14.7. The summed E-state index contributed by atoms with van der Waals surface area (Å²) >= 11 is 0. The molecule has 3 aliphatic carbocycles. The van der Waals surface area contributed by atoms with Gasteiger partial charge in [0.05, 0.1) is 29.3 Å². The van der Waals surface area contributed by atoms with E-state index in [1.54, 1.807) is 6.92 Å². The number of fused-ring (bicyclic) bond motifs is 2. The number of hydrogen-bond acceptors (Lipinski definition) is 10. The minimum atomic E-state index is -1.43. The smallest absolute Gasteiger partial charge is 0.334 e. The minimum absolute atomic E-state index is 0.0268. The average molecular weight is 575 g/mol. The summed E-state index contributed by atoms with van der Waals surface area (Å²) in [5.41, 5.74) is -4.47. The van der Waals surface area contributed by atoms with Crippen LogP contribution in [0.2, 0.25) is 0 Å². The Balaban J connectivity index is 1.35. The van der Waals surface area contributed by atoms with Gasteiger partial charge in [-0.05, 0) is 64.4 Å². The maximum atomic E-state index is 12.8. The molecule has 10 heteroatoms. The van der Waals surface area contributed by atoms with Gasteiger partial charge in [0.15, 0.2) is 0 Å². The summed E-state index contributed by atoms with van der Waals surface area (Å²) in [6, 6.07) is 0. The van der Waals surface area contributed by atoms with Gasteiger partial charge in [0, 0.05) is 36.2 Å². The van der Waals surface area contributed by atoms with Crippen LogP contribution < -0.4 is 0 Å². The highest BCUT2D eigenvalue weighted by Crippen LogP contribution is 2.73. The molecule has 2 spiro atoms. The number of aliphatic hydroxyl groups is 2. The molecular formula is C31H42O10. The number of esters is 3. The Morgan fingerprint density at radius 1 is 1.12 bits per heavy atom. The van der Waals surface area contributed by atoms with Crippen molar-refractivity contribution in [2.75, 3.05) is 0 Å². The second-order valence-electron chi connectivity index (χ2n) is 14.7. The monoisotopic (exact) mass is 574 g/mol. The fourth-order valence-corrected chi connectivity index (χ4v) is 11.0. The summed E-state index contributed by atoms with van der Waals surface area (Å²) in [5, 5.41) is 24.7. The minimum Gasteiger partial charge on any atom is -0.462 e. The number of aliphatic hydroxyl groups excluding tert-OH is 1. The van der Waals surface area contributed by atoms with Crippen molar-refractivity contribution < 1.29 is 48.3 Å². The normalized spacial score (nSPS) is 54.6. The van der Waals surface area contributed by atoms with E-state index in [9.17, 15) is 24.6 Å². The van der Waals surface area contributed by atoms with E-state index in [1.165, 1.54) is 6.92 Å². The van der Waals surface area contributed by atoms with Crippen LogP contribution in [0.3, 0.4) is 0 Å². The van der Waals surface area contributed by atoms with Gasteiger partial charge < -0.3 is 33.9 Å². The van der Waals surface area contributed by atoms with Crippen LogP contribution in [0.5, 0.6) is 0 Å². The second kappa shape index (κ2) is 8.33. The van der Waals surface area contributed by atoms with Crippen LogP contribution in [0.15, 0.2) is 11.6 Å². The molecule has 7 rings (SSSR count). The van der Waals surface area contributed by atoms with Gasteiger partial charge in [-0.25, -0.2) is 4.79 Å². The van der Waals surface area contributed by atoms with E-state index < -0.39 is 70.2 Å². The van der Waals surface area contributed by atoms with E-state index >= 15 is 0 Å². The summed E-state index contributed by atoms with van der Waals surface area (Å²) in [7, 11) is 0. The maximum Gasteiger partial charge on any atom is 0.334 e. The van der Waals surface area contributed by atoms with Gasteiger partial charge in [-0.1, -0.05) is 13.8 Å². The predicted molar refractivity (Wildman–Crippen MR) is 141 cm³/mol. The molecular weight excluding hydrogens is 532 g/mol. The van der Waals surface area contributed by atoms with Crippen molar-refractivity contribution in [3.8, 4) is 0 Å². The molecule has 0 aromatic rings. The Morgan fingerprint density at radius 3 is 2.51 bits per heavy atom. The summed E-state index contributed by atoms with van der Waals surface area (Å²) in [6.07, 6.45) is 0.556. The van der Waals surface area contributed by atoms with Crippen molar-refractivity contribution in [2.24, 2.45) is 29.1 Å². The Bertz CT molecular complexity index is 1240. The van der Waals surface area contributed by atoms with Gasteiger partial charge in [0.1, 0.15) is 30.0 Å². The van der Waals surface area contributed by atoms with E-state index in [-0.39, 0.29) is 42.5 Å². The zero-order valence-electron chi connectivity index (χ0n) is 24.7. The third-order valence-corrected chi connectivity index (χ3v) is 12.5. The molecule has 0 aromatic heterocycles. The molecule has 0 aromatic carbocycles. The zero-order chi connectivity index (χ0) is 29.5. The maximum absolute atomic E-state index is 12.8. The van der Waals surface area contributed by atoms with E-state index in [2.05, 4.69) is 6.92 Å². The molecule has 6 fully saturated rings. The zero-order valence-corrected chi connectivity index (χ0v) is 24.7. The third kappa shape index (κ3) is 3.36. The lowest BCUT2D eigenvalue weighted by Crippen LogP contribution is -2.68. The lowest BCUT2D eigenvalue weighted by atomic mass is 9.50. The highest BCUT2D eigenvalue weighted by Gasteiger charge is 2.80. The summed E-state index contributed by atoms with van der Waals surface area (Å²) in [5.74, 6) is -2.29. The van der Waals surface area contributed by atoms with Gasteiger partial charge >= 0.3 is 17.9 Å². The average Bonchev–Trinajstić information content (AvgIpc) is 3.52. The van der Waals surface area contributed by atoms with Gasteiger partial charge in [-0.2, -0.15) is 0 Å². The molecule has 0 unspecified atom stereocenters. The highest BCUT2D eigenvalue weighted by atomic mass is 16.6. The van der Waals surface area contributed by atoms with Crippen LogP contribution in [0.25, 0.3) is 0 Å². The predicted octanol–water partition coefficient (Wildman–Crippen LogP) is 2.36. The van der Waals surface area contributed by atoms with Gasteiger partial charge in [-0.3, -0.25) is 9.59 Å². The number of rotatable bonds is 2. The van der Waals surface area contributed by atoms with Crippen LogP contribution >= 0.6 is 0 Å². The Labute approximate surface area is 240 Å². The molecule has 3 saturated carbocycles. The van der Waals surface area contributed by atoms with Crippen molar-refractivity contribution in [3.63, 3.8) is 0 Å². The highest BCUT2D eigenvalue weighted by molar-refractivity contribution is 5.90. The van der Waals surface area contributed by atoms with Crippen LogP contribution in [0.4, 0.5) is 0 Å². The molecule has 10 nitrogen and oxygen atoms in total. The Kier molecular flexibility index (Phi) is 5.65. The topological polar surface area (TPSA) is 138 Å². The molecule has 7 aliphatic rings. The summed E-state index contributed by atoms with van der Waals surface area (Å²) in [4.78, 5) is 37.5. The van der Waals surface area contributed by atoms with E-state index in [0.717, 1.165) is 0 Å². The summed E-state index contributed by atoms with van der Waals surface area (Å²) < 4.78 is 31.3. The van der Waals surface area contributed by atoms with Gasteiger partial charge in [0.2, 0.25) is 0 Å². The van der Waals surface area contributed by atoms with Crippen LogP contribution in [0.1, 0.15) is 80.1 Å². The first-order valence-electron chi connectivity index (χ1n) is 15.1. The third-order valence-electron chi connectivity index (χ3n) is 12.5. The molecule has 13 atom stereocenters. The van der Waals surface area contributed by atoms with E-state index in [1.807, 2.05) is 26.8 Å². The van der Waals surface area contributed by atoms with Gasteiger partial charge in [-0.15, -0.1) is 0 Å². The molecule has 3 saturated heterocycles.